The zero-order chi connectivity index (χ0) is 14.2. The van der Waals surface area contributed by atoms with E-state index in [-0.39, 0.29) is 5.41 Å². The lowest BCUT2D eigenvalue weighted by Gasteiger charge is -2.38. The first-order chi connectivity index (χ1) is 9.49. The first kappa shape index (κ1) is 13.8. The Bertz CT molecular complexity index is 567. The van der Waals surface area contributed by atoms with Gasteiger partial charge in [0.2, 0.25) is 16.0 Å². The largest absolute Gasteiger partial charge is 0.340 e. The Hall–Kier alpha value is -1.21. The molecule has 6 nitrogen and oxygen atoms in total. The molecule has 3 rings (SSSR count). The van der Waals surface area contributed by atoms with Crippen LogP contribution in [0.15, 0.2) is 18.5 Å². The van der Waals surface area contributed by atoms with Gasteiger partial charge >= 0.3 is 0 Å². The molecule has 3 heterocycles. The lowest BCUT2D eigenvalue weighted by molar-refractivity contribution is 0.177. The highest BCUT2D eigenvalue weighted by Crippen LogP contribution is 2.41. The van der Waals surface area contributed by atoms with E-state index in [1.165, 1.54) is 6.26 Å². The van der Waals surface area contributed by atoms with Gasteiger partial charge in [-0.25, -0.2) is 22.7 Å². The molecule has 0 atom stereocenters. The summed E-state index contributed by atoms with van der Waals surface area (Å²) in [6.07, 6.45) is 7.79. The van der Waals surface area contributed by atoms with Crippen LogP contribution in [0.4, 0.5) is 5.95 Å². The van der Waals surface area contributed by atoms with Crippen molar-refractivity contribution in [3.63, 3.8) is 0 Å². The maximum Gasteiger partial charge on any atom is 0.225 e. The summed E-state index contributed by atoms with van der Waals surface area (Å²) in [4.78, 5) is 10.8. The molecule has 110 valence electrons. The number of hydrogen-bond donors (Lipinski definition) is 0. The van der Waals surface area contributed by atoms with Crippen molar-refractivity contribution >= 4 is 16.0 Å². The fourth-order valence-corrected chi connectivity index (χ4v) is 4.11. The van der Waals surface area contributed by atoms with E-state index in [2.05, 4.69) is 14.9 Å². The van der Waals surface area contributed by atoms with Crippen molar-refractivity contribution in [2.45, 2.75) is 19.3 Å². The van der Waals surface area contributed by atoms with Gasteiger partial charge in [-0.05, 0) is 30.7 Å². The molecule has 2 aliphatic heterocycles. The molecule has 1 spiro atoms. The van der Waals surface area contributed by atoms with E-state index in [0.717, 1.165) is 38.3 Å². The van der Waals surface area contributed by atoms with Crippen molar-refractivity contribution in [3.8, 4) is 0 Å². The number of sulfonamides is 1. The first-order valence-corrected chi connectivity index (χ1v) is 8.81. The molecule has 2 saturated heterocycles. The van der Waals surface area contributed by atoms with Crippen LogP contribution in [0.2, 0.25) is 0 Å². The zero-order valence-corrected chi connectivity index (χ0v) is 12.5. The second-order valence-corrected chi connectivity index (χ2v) is 7.86. The van der Waals surface area contributed by atoms with Gasteiger partial charge in [0.1, 0.15) is 0 Å². The number of rotatable bonds is 2. The van der Waals surface area contributed by atoms with E-state index in [1.807, 2.05) is 6.07 Å². The van der Waals surface area contributed by atoms with Crippen LogP contribution < -0.4 is 4.90 Å². The second kappa shape index (κ2) is 4.96. The van der Waals surface area contributed by atoms with Crippen molar-refractivity contribution in [3.05, 3.63) is 18.5 Å². The third kappa shape index (κ3) is 2.64. The number of aromatic nitrogens is 2. The van der Waals surface area contributed by atoms with E-state index >= 15 is 0 Å². The van der Waals surface area contributed by atoms with Crippen LogP contribution in [0, 0.1) is 5.41 Å². The zero-order valence-electron chi connectivity index (χ0n) is 11.7. The van der Waals surface area contributed by atoms with Crippen LogP contribution in [0.3, 0.4) is 0 Å². The van der Waals surface area contributed by atoms with Gasteiger partial charge in [-0.3, -0.25) is 0 Å². The van der Waals surface area contributed by atoms with Crippen molar-refractivity contribution in [2.75, 3.05) is 37.3 Å². The molecule has 2 fully saturated rings. The summed E-state index contributed by atoms with van der Waals surface area (Å²) < 4.78 is 24.7. The summed E-state index contributed by atoms with van der Waals surface area (Å²) in [5.41, 5.74) is 0.236. The quantitative estimate of drug-likeness (QED) is 0.805. The number of nitrogens with zero attached hydrogens (tertiary/aromatic N) is 4. The van der Waals surface area contributed by atoms with Crippen molar-refractivity contribution < 1.29 is 8.42 Å². The molecule has 20 heavy (non-hydrogen) atoms. The van der Waals surface area contributed by atoms with Gasteiger partial charge < -0.3 is 4.90 Å². The van der Waals surface area contributed by atoms with Crippen LogP contribution in [0.1, 0.15) is 19.3 Å². The fraction of sp³-hybridized carbons (Fsp3) is 0.692. The average Bonchev–Trinajstić information content (AvgIpc) is 2.83. The molecule has 1 aromatic heterocycles. The van der Waals surface area contributed by atoms with E-state index in [4.69, 9.17) is 0 Å². The smallest absolute Gasteiger partial charge is 0.225 e. The molecular formula is C13H20N4O2S. The van der Waals surface area contributed by atoms with Crippen LogP contribution in [-0.4, -0.2) is 55.1 Å². The lowest BCUT2D eigenvalue weighted by atomic mass is 9.78. The van der Waals surface area contributed by atoms with Gasteiger partial charge in [0, 0.05) is 38.6 Å². The standard InChI is InChI=1S/C13H20N4O2S/c1-20(18,19)17-9-4-13(5-10-17)3-8-16(11-13)12-14-6-2-7-15-12/h2,6-7H,3-5,8-11H2,1H3. The SMILES string of the molecule is CS(=O)(=O)N1CCC2(CCN(c3ncccn3)C2)CC1. The molecule has 0 bridgehead atoms. The van der Waals surface area contributed by atoms with Gasteiger partial charge in [0.15, 0.2) is 0 Å². The first-order valence-electron chi connectivity index (χ1n) is 6.96. The van der Waals surface area contributed by atoms with E-state index in [9.17, 15) is 8.42 Å². The Kier molecular flexibility index (Phi) is 3.41. The van der Waals surface area contributed by atoms with Gasteiger partial charge in [-0.1, -0.05) is 0 Å². The number of anilines is 1. The van der Waals surface area contributed by atoms with Gasteiger partial charge in [-0.2, -0.15) is 0 Å². The summed E-state index contributed by atoms with van der Waals surface area (Å²) in [5, 5.41) is 0. The third-order valence-corrected chi connectivity index (χ3v) is 5.83. The Labute approximate surface area is 119 Å². The molecule has 0 N–H and O–H groups in total. The van der Waals surface area contributed by atoms with Gasteiger partial charge in [-0.15, -0.1) is 0 Å². The maximum absolute atomic E-state index is 11.6. The summed E-state index contributed by atoms with van der Waals surface area (Å²) in [6.45, 7) is 3.18. The topological polar surface area (TPSA) is 66.4 Å². The summed E-state index contributed by atoms with van der Waals surface area (Å²) in [7, 11) is -3.04. The highest BCUT2D eigenvalue weighted by Gasteiger charge is 2.42. The molecule has 0 aromatic carbocycles. The van der Waals surface area contributed by atoms with E-state index < -0.39 is 10.0 Å². The van der Waals surface area contributed by atoms with Crippen molar-refractivity contribution in [1.29, 1.82) is 0 Å². The van der Waals surface area contributed by atoms with E-state index in [1.54, 1.807) is 16.7 Å². The summed E-state index contributed by atoms with van der Waals surface area (Å²) in [5.74, 6) is 0.787. The average molecular weight is 296 g/mol. The van der Waals surface area contributed by atoms with Gasteiger partial charge in [0.05, 0.1) is 6.26 Å². The predicted octanol–water partition coefficient (Wildman–Crippen LogP) is 0.728. The summed E-state index contributed by atoms with van der Waals surface area (Å²) >= 11 is 0. The van der Waals surface area contributed by atoms with Crippen LogP contribution in [-0.2, 0) is 10.0 Å². The minimum Gasteiger partial charge on any atom is -0.340 e. The number of piperidine rings is 1. The molecule has 7 heteroatoms. The molecule has 0 aliphatic carbocycles. The monoisotopic (exact) mass is 296 g/mol. The van der Waals surface area contributed by atoms with Crippen molar-refractivity contribution in [2.24, 2.45) is 5.41 Å². The molecule has 2 aliphatic rings. The Morgan fingerprint density at radius 3 is 2.30 bits per heavy atom. The Morgan fingerprint density at radius 2 is 1.70 bits per heavy atom. The molecular weight excluding hydrogens is 276 g/mol. The molecule has 0 unspecified atom stereocenters. The van der Waals surface area contributed by atoms with Crippen LogP contribution in [0.25, 0.3) is 0 Å². The van der Waals surface area contributed by atoms with E-state index in [0.29, 0.717) is 13.1 Å². The highest BCUT2D eigenvalue weighted by atomic mass is 32.2. The Morgan fingerprint density at radius 1 is 1.10 bits per heavy atom. The minimum absolute atomic E-state index is 0.236. The summed E-state index contributed by atoms with van der Waals surface area (Å²) in [6, 6.07) is 1.82. The molecule has 0 saturated carbocycles. The van der Waals surface area contributed by atoms with Gasteiger partial charge in [0.25, 0.3) is 0 Å². The van der Waals surface area contributed by atoms with Crippen LogP contribution >= 0.6 is 0 Å². The predicted molar refractivity (Wildman–Crippen MR) is 76.9 cm³/mol. The molecule has 0 radical (unpaired) electrons. The lowest BCUT2D eigenvalue weighted by Crippen LogP contribution is -2.43. The Balaban J connectivity index is 1.66. The normalized spacial score (nSPS) is 23.4. The maximum atomic E-state index is 11.6. The van der Waals surface area contributed by atoms with Crippen molar-refractivity contribution in [1.82, 2.24) is 14.3 Å². The molecule has 1 aromatic rings. The highest BCUT2D eigenvalue weighted by molar-refractivity contribution is 7.88. The third-order valence-electron chi connectivity index (χ3n) is 4.53. The second-order valence-electron chi connectivity index (χ2n) is 5.88. The van der Waals surface area contributed by atoms with Crippen LogP contribution in [0.5, 0.6) is 0 Å². The fourth-order valence-electron chi connectivity index (χ4n) is 3.26. The minimum atomic E-state index is -3.04. The number of hydrogen-bond acceptors (Lipinski definition) is 5. The molecule has 0 amide bonds.